The third-order valence-electron chi connectivity index (χ3n) is 3.03. The summed E-state index contributed by atoms with van der Waals surface area (Å²) in [6.45, 7) is 5.20. The van der Waals surface area contributed by atoms with E-state index in [1.807, 2.05) is 13.8 Å². The molecule has 2 N–H and O–H groups in total. The largest absolute Gasteiger partial charge is 0.380 e. The minimum absolute atomic E-state index is 0.111. The van der Waals surface area contributed by atoms with Gasteiger partial charge in [-0.1, -0.05) is 31.2 Å². The predicted molar refractivity (Wildman–Crippen MR) is 74.1 cm³/mol. The molecule has 0 amide bonds. The molecule has 0 heterocycles. The molecule has 4 heteroatoms. The zero-order chi connectivity index (χ0) is 13.8. The van der Waals surface area contributed by atoms with Gasteiger partial charge in [0.2, 0.25) is 11.6 Å². The molecule has 1 aromatic carbocycles. The Kier molecular flexibility index (Phi) is 4.00. The molecule has 1 aliphatic rings. The highest BCUT2D eigenvalue weighted by Gasteiger charge is 2.31. The first kappa shape index (κ1) is 13.3. The van der Waals surface area contributed by atoms with Crippen molar-refractivity contribution >= 4 is 11.6 Å². The van der Waals surface area contributed by atoms with Crippen LogP contribution >= 0.6 is 0 Å². The summed E-state index contributed by atoms with van der Waals surface area (Å²) in [6, 6.07) is 6.95. The number of ketones is 2. The van der Waals surface area contributed by atoms with Gasteiger partial charge in [-0.05, 0) is 13.3 Å². The number of Topliss-reactive ketones (excluding diaryl/α,β-unsaturated/α-hetero) is 2. The van der Waals surface area contributed by atoms with Crippen molar-refractivity contribution < 1.29 is 9.59 Å². The zero-order valence-corrected chi connectivity index (χ0v) is 11.2. The SMILES string of the molecule is CCCNC1=C(NCC)C(=O)c2ccccc2C1=O. The topological polar surface area (TPSA) is 58.2 Å². The maximum absolute atomic E-state index is 12.4. The maximum Gasteiger partial charge on any atom is 0.211 e. The van der Waals surface area contributed by atoms with Gasteiger partial charge in [0.1, 0.15) is 11.4 Å². The lowest BCUT2D eigenvalue weighted by atomic mass is 9.90. The summed E-state index contributed by atoms with van der Waals surface area (Å²) < 4.78 is 0. The van der Waals surface area contributed by atoms with E-state index in [1.54, 1.807) is 24.3 Å². The average molecular weight is 258 g/mol. The summed E-state index contributed by atoms with van der Waals surface area (Å²) in [5.41, 5.74) is 1.74. The van der Waals surface area contributed by atoms with Crippen LogP contribution in [0.1, 0.15) is 41.0 Å². The Balaban J connectivity index is 2.48. The Morgan fingerprint density at radius 2 is 1.42 bits per heavy atom. The highest BCUT2D eigenvalue weighted by atomic mass is 16.1. The minimum Gasteiger partial charge on any atom is -0.380 e. The fraction of sp³-hybridized carbons (Fsp3) is 0.333. The van der Waals surface area contributed by atoms with Crippen LogP contribution in [0.2, 0.25) is 0 Å². The first-order valence-corrected chi connectivity index (χ1v) is 6.61. The molecule has 4 nitrogen and oxygen atoms in total. The smallest absolute Gasteiger partial charge is 0.211 e. The number of rotatable bonds is 5. The molecule has 0 saturated heterocycles. The Bertz CT molecular complexity index is 547. The number of hydrogen-bond acceptors (Lipinski definition) is 4. The zero-order valence-electron chi connectivity index (χ0n) is 11.2. The third-order valence-corrected chi connectivity index (χ3v) is 3.03. The third kappa shape index (κ3) is 2.38. The molecule has 0 aliphatic heterocycles. The number of carbonyl (C=O) groups is 2. The molecule has 0 bridgehead atoms. The monoisotopic (exact) mass is 258 g/mol. The number of allylic oxidation sites excluding steroid dienone is 2. The lowest BCUT2D eigenvalue weighted by molar-refractivity contribution is 0.0962. The number of hydrogen-bond donors (Lipinski definition) is 2. The molecule has 2 rings (SSSR count). The normalized spacial score (nSPS) is 14.4. The second kappa shape index (κ2) is 5.69. The highest BCUT2D eigenvalue weighted by Crippen LogP contribution is 2.23. The van der Waals surface area contributed by atoms with Crippen LogP contribution in [0, 0.1) is 0 Å². The summed E-state index contributed by atoms with van der Waals surface area (Å²) in [4.78, 5) is 24.9. The van der Waals surface area contributed by atoms with Gasteiger partial charge in [0.15, 0.2) is 0 Å². The van der Waals surface area contributed by atoms with E-state index in [0.717, 1.165) is 6.42 Å². The molecule has 0 radical (unpaired) electrons. The first-order chi connectivity index (χ1) is 9.20. The standard InChI is InChI=1S/C15H18N2O2/c1-3-9-17-13-12(16-4-2)14(18)10-7-5-6-8-11(10)15(13)19/h5-8,16-17H,3-4,9H2,1-2H3. The Morgan fingerprint density at radius 1 is 0.895 bits per heavy atom. The molecule has 19 heavy (non-hydrogen) atoms. The van der Waals surface area contributed by atoms with Gasteiger partial charge in [0, 0.05) is 24.2 Å². The van der Waals surface area contributed by atoms with Gasteiger partial charge in [0.25, 0.3) is 0 Å². The average Bonchev–Trinajstić information content (AvgIpc) is 2.44. The van der Waals surface area contributed by atoms with Crippen LogP contribution in [-0.4, -0.2) is 24.7 Å². The van der Waals surface area contributed by atoms with Crippen LogP contribution in [0.15, 0.2) is 35.7 Å². The van der Waals surface area contributed by atoms with Crippen LogP contribution in [0.4, 0.5) is 0 Å². The maximum atomic E-state index is 12.4. The van der Waals surface area contributed by atoms with E-state index in [-0.39, 0.29) is 11.6 Å². The summed E-state index contributed by atoms with van der Waals surface area (Å²) in [7, 11) is 0. The highest BCUT2D eigenvalue weighted by molar-refractivity contribution is 6.26. The van der Waals surface area contributed by atoms with Crippen molar-refractivity contribution in [3.05, 3.63) is 46.8 Å². The number of nitrogens with one attached hydrogen (secondary N) is 2. The Labute approximate surface area is 112 Å². The van der Waals surface area contributed by atoms with E-state index in [1.165, 1.54) is 0 Å². The first-order valence-electron chi connectivity index (χ1n) is 6.61. The van der Waals surface area contributed by atoms with E-state index in [0.29, 0.717) is 35.6 Å². The molecule has 0 atom stereocenters. The van der Waals surface area contributed by atoms with Crippen molar-refractivity contribution in [3.63, 3.8) is 0 Å². The molecule has 1 aromatic rings. The van der Waals surface area contributed by atoms with Gasteiger partial charge in [-0.25, -0.2) is 0 Å². The number of carbonyl (C=O) groups excluding carboxylic acids is 2. The predicted octanol–water partition coefficient (Wildman–Crippen LogP) is 1.89. The van der Waals surface area contributed by atoms with Crippen molar-refractivity contribution in [1.29, 1.82) is 0 Å². The van der Waals surface area contributed by atoms with Crippen LogP contribution in [0.3, 0.4) is 0 Å². The molecule has 0 saturated carbocycles. The molecular weight excluding hydrogens is 240 g/mol. The van der Waals surface area contributed by atoms with Gasteiger partial charge >= 0.3 is 0 Å². The van der Waals surface area contributed by atoms with Crippen LogP contribution in [0.5, 0.6) is 0 Å². The fourth-order valence-electron chi connectivity index (χ4n) is 2.14. The Hall–Kier alpha value is -2.10. The minimum atomic E-state index is -0.115. The van der Waals surface area contributed by atoms with Crippen molar-refractivity contribution in [3.8, 4) is 0 Å². The summed E-state index contributed by atoms with van der Waals surface area (Å²) >= 11 is 0. The van der Waals surface area contributed by atoms with E-state index < -0.39 is 0 Å². The summed E-state index contributed by atoms with van der Waals surface area (Å²) in [5, 5.41) is 6.09. The fourth-order valence-corrected chi connectivity index (χ4v) is 2.14. The van der Waals surface area contributed by atoms with Gasteiger partial charge in [0.05, 0.1) is 0 Å². The number of fused-ring (bicyclic) bond motifs is 1. The van der Waals surface area contributed by atoms with E-state index in [2.05, 4.69) is 10.6 Å². The molecule has 1 aliphatic carbocycles. The van der Waals surface area contributed by atoms with E-state index in [4.69, 9.17) is 0 Å². The van der Waals surface area contributed by atoms with Crippen molar-refractivity contribution in [2.24, 2.45) is 0 Å². The second-order valence-electron chi connectivity index (χ2n) is 4.41. The van der Waals surface area contributed by atoms with Gasteiger partial charge < -0.3 is 10.6 Å². The second-order valence-corrected chi connectivity index (χ2v) is 4.41. The molecule has 0 spiro atoms. The van der Waals surface area contributed by atoms with Crippen molar-refractivity contribution in [2.75, 3.05) is 13.1 Å². The van der Waals surface area contributed by atoms with E-state index in [9.17, 15) is 9.59 Å². The van der Waals surface area contributed by atoms with E-state index >= 15 is 0 Å². The number of benzene rings is 1. The number of likely N-dealkylation sites (N-methyl/N-ethyl adjacent to an activating group) is 1. The molecule has 0 fully saturated rings. The molecule has 0 aromatic heterocycles. The van der Waals surface area contributed by atoms with Crippen molar-refractivity contribution in [2.45, 2.75) is 20.3 Å². The van der Waals surface area contributed by atoms with Gasteiger partial charge in [-0.3, -0.25) is 9.59 Å². The summed E-state index contributed by atoms with van der Waals surface area (Å²) in [5.74, 6) is -0.227. The Morgan fingerprint density at radius 3 is 1.89 bits per heavy atom. The molecule has 100 valence electrons. The van der Waals surface area contributed by atoms with Crippen LogP contribution in [-0.2, 0) is 0 Å². The quantitative estimate of drug-likeness (QED) is 0.846. The van der Waals surface area contributed by atoms with Crippen LogP contribution < -0.4 is 10.6 Å². The summed E-state index contributed by atoms with van der Waals surface area (Å²) in [6.07, 6.45) is 0.895. The van der Waals surface area contributed by atoms with Gasteiger partial charge in [-0.15, -0.1) is 0 Å². The van der Waals surface area contributed by atoms with Crippen molar-refractivity contribution in [1.82, 2.24) is 10.6 Å². The molecular formula is C15H18N2O2. The lowest BCUT2D eigenvalue weighted by Crippen LogP contribution is -2.36. The van der Waals surface area contributed by atoms with Crippen LogP contribution in [0.25, 0.3) is 0 Å². The lowest BCUT2D eigenvalue weighted by Gasteiger charge is -2.22. The molecule has 0 unspecified atom stereocenters. The van der Waals surface area contributed by atoms with Gasteiger partial charge in [-0.2, -0.15) is 0 Å².